The Morgan fingerprint density at radius 3 is 2.02 bits per heavy atom. The number of nitrogens with one attached hydrogen (secondary N) is 1. The van der Waals surface area contributed by atoms with E-state index in [4.69, 9.17) is 0 Å². The number of aryl methyl sites for hydroxylation is 2. The van der Waals surface area contributed by atoms with Crippen molar-refractivity contribution < 1.29 is 50.6 Å². The number of nitrogens with zero attached hydrogens (tertiary/aromatic N) is 2. The molecule has 2 aliphatic heterocycles. The molecule has 0 spiro atoms. The minimum Gasteiger partial charge on any atom is -0.507 e. The first-order chi connectivity index (χ1) is 26.4. The van der Waals surface area contributed by atoms with Gasteiger partial charge in [0.15, 0.2) is 0 Å². The molecule has 0 radical (unpaired) electrons. The van der Waals surface area contributed by atoms with Crippen molar-refractivity contribution in [2.75, 3.05) is 10.3 Å². The van der Waals surface area contributed by atoms with Gasteiger partial charge in [0.25, 0.3) is 11.8 Å². The van der Waals surface area contributed by atoms with E-state index in [1.165, 1.54) is 0 Å². The number of hydrogen-bond donors (Lipinski definition) is 2. The molecule has 4 aromatic rings. The number of anilines is 2. The van der Waals surface area contributed by atoms with Gasteiger partial charge in [-0.2, -0.15) is 31.4 Å². The molecule has 8 rings (SSSR count). The number of carbonyl (C=O) groups is 4. The van der Waals surface area contributed by atoms with Gasteiger partial charge in [-0.1, -0.05) is 77.9 Å². The average molecular weight is 774 g/mol. The van der Waals surface area contributed by atoms with E-state index in [9.17, 15) is 45.8 Å². The summed E-state index contributed by atoms with van der Waals surface area (Å²) in [5.74, 6) is -9.23. The maximum Gasteiger partial charge on any atom is 0.416 e. The normalized spacial score (nSPS) is 26.2. The zero-order valence-corrected chi connectivity index (χ0v) is 29.8. The number of halogens is 6. The van der Waals surface area contributed by atoms with Gasteiger partial charge in [0.1, 0.15) is 5.75 Å². The van der Waals surface area contributed by atoms with Crippen molar-refractivity contribution in [1.29, 1.82) is 0 Å². The molecule has 3 fully saturated rings. The molecule has 4 amide bonds. The first-order valence-corrected chi connectivity index (χ1v) is 17.9. The van der Waals surface area contributed by atoms with Crippen LogP contribution in [0.1, 0.15) is 52.1 Å². The number of carbonyl (C=O) groups excluding carboxylic acids is 4. The number of fused-ring (bicyclic) bond motifs is 4. The standard InChI is InChI=1S/C42H33F6N3O5/c1-21-11-13-26(14-12-21)49-51-37(54)32-20-31-28(34(30-10-6-7-22(2)35(30)52)40(32,39(51)56)23-8-4-3-5-9-23)15-16-29-33(31)38(55)50(36(29)53)27-18-24(41(43,44)45)17-25(19-27)42(46,47)48/h3-15,17-19,29,31-34,49,52H,16,20H2,1-2H3. The Morgan fingerprint density at radius 1 is 0.750 bits per heavy atom. The second-order valence-corrected chi connectivity index (χ2v) is 14.9. The third kappa shape index (κ3) is 5.51. The SMILES string of the molecule is Cc1ccc(NN2C(=O)C3CC4C(=CCC5C(=O)N(c6cc(C(F)(F)F)cc(C(F)(F)F)c6)C(=O)C54)C(c4cccc(C)c4O)C3(c3ccccc3)C2=O)cc1. The number of rotatable bonds is 5. The minimum atomic E-state index is -5.23. The van der Waals surface area contributed by atoms with Crippen LogP contribution in [0.25, 0.3) is 0 Å². The lowest BCUT2D eigenvalue weighted by atomic mass is 9.49. The van der Waals surface area contributed by atoms with Crippen LogP contribution in [-0.4, -0.2) is 33.7 Å². The van der Waals surface area contributed by atoms with E-state index in [0.717, 1.165) is 10.6 Å². The molecule has 56 heavy (non-hydrogen) atoms. The van der Waals surface area contributed by atoms with Gasteiger partial charge in [-0.05, 0) is 74.1 Å². The second-order valence-electron chi connectivity index (χ2n) is 14.9. The highest BCUT2D eigenvalue weighted by Gasteiger charge is 2.70. The van der Waals surface area contributed by atoms with Crippen LogP contribution in [0.4, 0.5) is 37.7 Å². The summed E-state index contributed by atoms with van der Waals surface area (Å²) in [6, 6.07) is 21.1. The van der Waals surface area contributed by atoms with E-state index in [0.29, 0.717) is 39.4 Å². The van der Waals surface area contributed by atoms with Crippen LogP contribution in [0.5, 0.6) is 5.75 Å². The molecular formula is C42H33F6N3O5. The van der Waals surface area contributed by atoms with Crippen LogP contribution in [-0.2, 0) is 36.9 Å². The molecule has 2 N–H and O–H groups in total. The highest BCUT2D eigenvalue weighted by molar-refractivity contribution is 6.22. The largest absolute Gasteiger partial charge is 0.507 e. The first kappa shape index (κ1) is 37.0. The topological polar surface area (TPSA) is 107 Å². The fraction of sp³-hybridized carbons (Fsp3) is 0.286. The molecule has 288 valence electrons. The number of amides is 4. The molecule has 2 heterocycles. The Labute approximate surface area is 316 Å². The number of alkyl halides is 6. The van der Waals surface area contributed by atoms with Gasteiger partial charge in [0, 0.05) is 11.5 Å². The smallest absolute Gasteiger partial charge is 0.416 e. The second kappa shape index (κ2) is 12.8. The molecule has 6 atom stereocenters. The van der Waals surface area contributed by atoms with Crippen LogP contribution in [0.3, 0.4) is 0 Å². The van der Waals surface area contributed by atoms with Crippen molar-refractivity contribution >= 4 is 35.0 Å². The Bertz CT molecular complexity index is 2310. The minimum absolute atomic E-state index is 0.0798. The van der Waals surface area contributed by atoms with Crippen molar-refractivity contribution in [1.82, 2.24) is 5.01 Å². The molecule has 2 aliphatic carbocycles. The lowest BCUT2D eigenvalue weighted by molar-refractivity contribution is -0.143. The van der Waals surface area contributed by atoms with Crippen molar-refractivity contribution in [2.24, 2.45) is 23.7 Å². The van der Waals surface area contributed by atoms with Gasteiger partial charge >= 0.3 is 12.4 Å². The summed E-state index contributed by atoms with van der Waals surface area (Å²) in [4.78, 5) is 58.9. The Hall–Kier alpha value is -5.92. The van der Waals surface area contributed by atoms with Gasteiger partial charge in [-0.15, -0.1) is 0 Å². The molecule has 2 saturated heterocycles. The number of imide groups is 2. The van der Waals surface area contributed by atoms with E-state index in [-0.39, 0.29) is 30.2 Å². The summed E-state index contributed by atoms with van der Waals surface area (Å²) in [5.41, 5.74) is -0.0128. The molecule has 0 aromatic heterocycles. The van der Waals surface area contributed by atoms with Gasteiger partial charge in [-0.25, -0.2) is 4.90 Å². The van der Waals surface area contributed by atoms with Crippen LogP contribution >= 0.6 is 0 Å². The highest BCUT2D eigenvalue weighted by Crippen LogP contribution is 2.65. The number of benzene rings is 4. The number of phenols is 1. The van der Waals surface area contributed by atoms with Crippen molar-refractivity contribution in [3.8, 4) is 5.75 Å². The van der Waals surface area contributed by atoms with Gasteiger partial charge in [0.2, 0.25) is 11.8 Å². The quantitative estimate of drug-likeness (QED) is 0.120. The van der Waals surface area contributed by atoms with E-state index < -0.39 is 87.8 Å². The maximum absolute atomic E-state index is 15.2. The summed E-state index contributed by atoms with van der Waals surface area (Å²) >= 11 is 0. The first-order valence-electron chi connectivity index (χ1n) is 17.9. The summed E-state index contributed by atoms with van der Waals surface area (Å²) in [7, 11) is 0. The van der Waals surface area contributed by atoms with Gasteiger partial charge < -0.3 is 5.11 Å². The molecule has 8 nitrogen and oxygen atoms in total. The molecule has 1 saturated carbocycles. The third-order valence-corrected chi connectivity index (χ3v) is 11.8. The summed E-state index contributed by atoms with van der Waals surface area (Å²) < 4.78 is 83.4. The lowest BCUT2D eigenvalue weighted by Gasteiger charge is -2.50. The molecule has 14 heteroatoms. The van der Waals surface area contributed by atoms with Crippen LogP contribution < -0.4 is 10.3 Å². The number of para-hydroxylation sites is 1. The number of aromatic hydroxyl groups is 1. The predicted molar refractivity (Wildman–Crippen MR) is 191 cm³/mol. The van der Waals surface area contributed by atoms with Crippen LogP contribution in [0.15, 0.2) is 103 Å². The average Bonchev–Trinajstić information content (AvgIpc) is 3.54. The van der Waals surface area contributed by atoms with Crippen molar-refractivity contribution in [2.45, 2.75) is 50.4 Å². The van der Waals surface area contributed by atoms with E-state index in [1.807, 2.05) is 6.92 Å². The summed E-state index contributed by atoms with van der Waals surface area (Å²) in [6.45, 7) is 3.53. The van der Waals surface area contributed by atoms with Gasteiger partial charge in [0.05, 0.1) is 45.7 Å². The molecule has 6 unspecified atom stereocenters. The third-order valence-electron chi connectivity index (χ3n) is 11.8. The fourth-order valence-electron chi connectivity index (χ4n) is 9.33. The van der Waals surface area contributed by atoms with E-state index in [2.05, 4.69) is 5.43 Å². The molecule has 4 aliphatic rings. The number of hydrazine groups is 1. The molecule has 4 aromatic carbocycles. The Kier molecular flexibility index (Phi) is 8.48. The highest BCUT2D eigenvalue weighted by atomic mass is 19.4. The van der Waals surface area contributed by atoms with E-state index >= 15 is 4.79 Å². The van der Waals surface area contributed by atoms with E-state index in [1.54, 1.807) is 85.8 Å². The van der Waals surface area contributed by atoms with Crippen LogP contribution in [0.2, 0.25) is 0 Å². The van der Waals surface area contributed by atoms with Crippen LogP contribution in [0, 0.1) is 37.5 Å². The number of allylic oxidation sites excluding steroid dienone is 2. The van der Waals surface area contributed by atoms with Gasteiger partial charge in [-0.3, -0.25) is 24.6 Å². The molecular weight excluding hydrogens is 740 g/mol. The molecule has 0 bridgehead atoms. The number of hydrogen-bond acceptors (Lipinski definition) is 6. The van der Waals surface area contributed by atoms with Crippen molar-refractivity contribution in [3.05, 3.63) is 136 Å². The number of phenolic OH excluding ortho intramolecular Hbond substituents is 1. The monoisotopic (exact) mass is 773 g/mol. The zero-order chi connectivity index (χ0) is 40.1. The lowest BCUT2D eigenvalue weighted by Crippen LogP contribution is -2.53. The predicted octanol–water partition coefficient (Wildman–Crippen LogP) is 8.24. The summed E-state index contributed by atoms with van der Waals surface area (Å²) in [5, 5.41) is 12.6. The fourth-order valence-corrected chi connectivity index (χ4v) is 9.33. The van der Waals surface area contributed by atoms with Crippen molar-refractivity contribution in [3.63, 3.8) is 0 Å². The summed E-state index contributed by atoms with van der Waals surface area (Å²) in [6.07, 6.45) is -9.11. The maximum atomic E-state index is 15.2. The Balaban J connectivity index is 1.31. The Morgan fingerprint density at radius 2 is 1.39 bits per heavy atom. The zero-order valence-electron chi connectivity index (χ0n) is 29.8.